The van der Waals surface area contributed by atoms with Crippen LogP contribution in [0.25, 0.3) is 10.9 Å². The Morgan fingerprint density at radius 1 is 1.35 bits per heavy atom. The topological polar surface area (TPSA) is 131 Å². The Morgan fingerprint density at radius 2 is 2.09 bits per heavy atom. The summed E-state index contributed by atoms with van der Waals surface area (Å²) in [5.41, 5.74) is 0.872. The number of rotatable bonds is 6. The predicted molar refractivity (Wildman–Crippen MR) is 84.5 cm³/mol. The average molecular weight is 338 g/mol. The molecule has 0 bridgehead atoms. The molecular formula is C13H14N4O5S. The summed E-state index contributed by atoms with van der Waals surface area (Å²) in [4.78, 5) is 26.1. The predicted octanol–water partition coefficient (Wildman–Crippen LogP) is 1.02. The van der Waals surface area contributed by atoms with E-state index in [4.69, 9.17) is 0 Å². The highest BCUT2D eigenvalue weighted by Crippen LogP contribution is 2.29. The number of nitro benzene ring substituents is 1. The molecule has 0 aliphatic rings. The van der Waals surface area contributed by atoms with Crippen molar-refractivity contribution in [3.05, 3.63) is 40.6 Å². The van der Waals surface area contributed by atoms with Crippen molar-refractivity contribution in [3.8, 4) is 0 Å². The van der Waals surface area contributed by atoms with E-state index in [1.54, 1.807) is 12.1 Å². The second-order valence-corrected chi connectivity index (χ2v) is 6.51. The lowest BCUT2D eigenvalue weighted by Crippen LogP contribution is -2.30. The number of pyridine rings is 1. The molecule has 1 amide bonds. The highest BCUT2D eigenvalue weighted by Gasteiger charge is 2.15. The normalized spacial score (nSPS) is 11.2. The molecule has 10 heteroatoms. The van der Waals surface area contributed by atoms with E-state index in [0.717, 1.165) is 6.26 Å². The number of anilines is 1. The SMILES string of the molecule is CS(=O)(=O)NC(=O)CCNc1ccc([N+](=O)[O-])c2cccnc12. The van der Waals surface area contributed by atoms with E-state index in [1.165, 1.54) is 18.3 Å². The standard InChI is InChI=1S/C13H14N4O5S/c1-23(21,22)16-12(18)6-8-14-10-4-5-11(17(19)20)9-3-2-7-15-13(9)10/h2-5,7,14H,6,8H2,1H3,(H,16,18). The molecule has 0 unspecified atom stereocenters. The first-order chi connectivity index (χ1) is 10.8. The fourth-order valence-electron chi connectivity index (χ4n) is 2.03. The minimum Gasteiger partial charge on any atom is -0.383 e. The number of non-ortho nitro benzene ring substituents is 1. The Labute approximate surface area is 131 Å². The number of nitrogens with one attached hydrogen (secondary N) is 2. The molecule has 122 valence electrons. The van der Waals surface area contributed by atoms with E-state index in [1.807, 2.05) is 4.72 Å². The monoisotopic (exact) mass is 338 g/mol. The molecule has 23 heavy (non-hydrogen) atoms. The van der Waals surface area contributed by atoms with Gasteiger partial charge in [0.25, 0.3) is 5.69 Å². The molecule has 1 aromatic carbocycles. The number of carbonyl (C=O) groups is 1. The molecule has 1 heterocycles. The van der Waals surface area contributed by atoms with Crippen molar-refractivity contribution in [1.82, 2.24) is 9.71 Å². The van der Waals surface area contributed by atoms with Gasteiger partial charge < -0.3 is 5.32 Å². The third kappa shape index (κ3) is 4.36. The summed E-state index contributed by atoms with van der Waals surface area (Å²) in [5, 5.41) is 14.3. The first kappa shape index (κ1) is 16.6. The van der Waals surface area contributed by atoms with Crippen LogP contribution in [0.1, 0.15) is 6.42 Å². The maximum absolute atomic E-state index is 11.4. The van der Waals surface area contributed by atoms with Crippen molar-refractivity contribution in [1.29, 1.82) is 0 Å². The van der Waals surface area contributed by atoms with Gasteiger partial charge >= 0.3 is 0 Å². The molecule has 2 N–H and O–H groups in total. The average Bonchev–Trinajstić information content (AvgIpc) is 2.45. The molecule has 0 saturated heterocycles. The van der Waals surface area contributed by atoms with Crippen LogP contribution in [-0.4, -0.2) is 37.0 Å². The van der Waals surface area contributed by atoms with Crippen LogP contribution < -0.4 is 10.0 Å². The van der Waals surface area contributed by atoms with Gasteiger partial charge in [-0.05, 0) is 18.2 Å². The number of aromatic nitrogens is 1. The van der Waals surface area contributed by atoms with Crippen LogP contribution in [-0.2, 0) is 14.8 Å². The Kier molecular flexibility index (Phi) is 4.74. The van der Waals surface area contributed by atoms with Crippen molar-refractivity contribution in [2.45, 2.75) is 6.42 Å². The van der Waals surface area contributed by atoms with Gasteiger partial charge in [-0.2, -0.15) is 0 Å². The van der Waals surface area contributed by atoms with Gasteiger partial charge in [0, 0.05) is 25.2 Å². The Morgan fingerprint density at radius 3 is 2.74 bits per heavy atom. The molecule has 0 fully saturated rings. The van der Waals surface area contributed by atoms with Crippen molar-refractivity contribution in [2.24, 2.45) is 0 Å². The van der Waals surface area contributed by atoms with E-state index in [9.17, 15) is 23.3 Å². The number of amides is 1. The zero-order chi connectivity index (χ0) is 17.0. The number of hydrogen-bond donors (Lipinski definition) is 2. The van der Waals surface area contributed by atoms with Gasteiger partial charge in [-0.1, -0.05) is 0 Å². The van der Waals surface area contributed by atoms with E-state index < -0.39 is 20.9 Å². The summed E-state index contributed by atoms with van der Waals surface area (Å²) in [6, 6.07) is 6.03. The van der Waals surface area contributed by atoms with Crippen LogP contribution in [0.4, 0.5) is 11.4 Å². The number of benzene rings is 1. The third-order valence-corrected chi connectivity index (χ3v) is 3.51. The first-order valence-electron chi connectivity index (χ1n) is 6.54. The highest BCUT2D eigenvalue weighted by atomic mass is 32.2. The maximum atomic E-state index is 11.4. The summed E-state index contributed by atoms with van der Waals surface area (Å²) >= 11 is 0. The quantitative estimate of drug-likeness (QED) is 0.593. The molecule has 0 atom stereocenters. The zero-order valence-electron chi connectivity index (χ0n) is 12.1. The Balaban J connectivity index is 2.14. The van der Waals surface area contributed by atoms with Gasteiger partial charge in [0.2, 0.25) is 15.9 Å². The van der Waals surface area contributed by atoms with E-state index in [0.29, 0.717) is 16.6 Å². The molecular weight excluding hydrogens is 324 g/mol. The fourth-order valence-corrected chi connectivity index (χ4v) is 2.54. The molecule has 2 rings (SSSR count). The van der Waals surface area contributed by atoms with Gasteiger partial charge in [0.1, 0.15) is 5.52 Å². The lowest BCUT2D eigenvalue weighted by molar-refractivity contribution is -0.383. The molecule has 0 spiro atoms. The van der Waals surface area contributed by atoms with Gasteiger partial charge in [-0.25, -0.2) is 8.42 Å². The van der Waals surface area contributed by atoms with Crippen molar-refractivity contribution in [2.75, 3.05) is 18.1 Å². The third-order valence-electron chi connectivity index (χ3n) is 2.91. The van der Waals surface area contributed by atoms with Gasteiger partial charge in [-0.15, -0.1) is 0 Å². The fraction of sp³-hybridized carbons (Fsp3) is 0.231. The summed E-state index contributed by atoms with van der Waals surface area (Å²) in [6.07, 6.45) is 2.33. The lowest BCUT2D eigenvalue weighted by Gasteiger charge is -2.09. The zero-order valence-corrected chi connectivity index (χ0v) is 13.0. The molecule has 0 radical (unpaired) electrons. The van der Waals surface area contributed by atoms with Gasteiger partial charge in [-0.3, -0.25) is 24.6 Å². The second kappa shape index (κ2) is 6.57. The smallest absolute Gasteiger partial charge is 0.278 e. The molecule has 0 aliphatic carbocycles. The minimum absolute atomic E-state index is 0.0616. The molecule has 0 aliphatic heterocycles. The molecule has 9 nitrogen and oxygen atoms in total. The number of sulfonamides is 1. The summed E-state index contributed by atoms with van der Waals surface area (Å²) in [5.74, 6) is -0.640. The van der Waals surface area contributed by atoms with Gasteiger partial charge in [0.15, 0.2) is 0 Å². The number of hydrogen-bond acceptors (Lipinski definition) is 7. The number of carbonyl (C=O) groups excluding carboxylic acids is 1. The van der Waals surface area contributed by atoms with Crippen molar-refractivity contribution in [3.63, 3.8) is 0 Å². The van der Waals surface area contributed by atoms with E-state index in [-0.39, 0.29) is 18.7 Å². The number of nitro groups is 1. The summed E-state index contributed by atoms with van der Waals surface area (Å²) in [7, 11) is -3.58. The summed E-state index contributed by atoms with van der Waals surface area (Å²) < 4.78 is 23.7. The highest BCUT2D eigenvalue weighted by molar-refractivity contribution is 7.89. The largest absolute Gasteiger partial charge is 0.383 e. The summed E-state index contributed by atoms with van der Waals surface area (Å²) in [6.45, 7) is 0.158. The van der Waals surface area contributed by atoms with Gasteiger partial charge in [0.05, 0.1) is 22.3 Å². The van der Waals surface area contributed by atoms with E-state index in [2.05, 4.69) is 10.3 Å². The van der Waals surface area contributed by atoms with Crippen molar-refractivity contribution >= 4 is 38.2 Å². The number of nitrogens with zero attached hydrogens (tertiary/aromatic N) is 2. The van der Waals surface area contributed by atoms with Crippen LogP contribution in [0, 0.1) is 10.1 Å². The van der Waals surface area contributed by atoms with Crippen molar-refractivity contribution < 1.29 is 18.1 Å². The second-order valence-electron chi connectivity index (χ2n) is 4.76. The van der Waals surface area contributed by atoms with Crippen LogP contribution in [0.15, 0.2) is 30.5 Å². The first-order valence-corrected chi connectivity index (χ1v) is 8.43. The molecule has 0 saturated carbocycles. The van der Waals surface area contributed by atoms with Crippen LogP contribution in [0.5, 0.6) is 0 Å². The molecule has 2 aromatic rings. The Hall–Kier alpha value is -2.75. The number of fused-ring (bicyclic) bond motifs is 1. The van der Waals surface area contributed by atoms with Crippen LogP contribution >= 0.6 is 0 Å². The maximum Gasteiger partial charge on any atom is 0.278 e. The van der Waals surface area contributed by atoms with Crippen LogP contribution in [0.2, 0.25) is 0 Å². The Bertz CT molecular complexity index is 866. The van der Waals surface area contributed by atoms with E-state index >= 15 is 0 Å². The lowest BCUT2D eigenvalue weighted by atomic mass is 10.1. The van der Waals surface area contributed by atoms with Crippen LogP contribution in [0.3, 0.4) is 0 Å². The molecule has 1 aromatic heterocycles. The minimum atomic E-state index is -3.58.